The van der Waals surface area contributed by atoms with E-state index in [1.807, 2.05) is 28.8 Å². The van der Waals surface area contributed by atoms with Gasteiger partial charge in [-0.2, -0.15) is 0 Å². The van der Waals surface area contributed by atoms with Gasteiger partial charge in [0.1, 0.15) is 17.8 Å². The number of nitrogens with zero attached hydrogens (tertiary/aromatic N) is 1. The van der Waals surface area contributed by atoms with Crippen molar-refractivity contribution >= 4 is 23.4 Å². The van der Waals surface area contributed by atoms with Crippen LogP contribution in [0.15, 0.2) is 35.2 Å². The lowest BCUT2D eigenvalue weighted by molar-refractivity contribution is -0.122. The number of benzene rings is 2. The smallest absolute Gasteiger partial charge is 0.245 e. The summed E-state index contributed by atoms with van der Waals surface area (Å²) in [5.41, 5.74) is 2.26. The number of para-hydroxylation sites is 1. The molecule has 0 aliphatic carbocycles. The van der Waals surface area contributed by atoms with Crippen LogP contribution in [-0.2, 0) is 10.2 Å². The molecule has 0 N–H and O–H groups in total. The first-order valence-corrected chi connectivity index (χ1v) is 9.43. The Morgan fingerprint density at radius 1 is 1.04 bits per heavy atom. The second-order valence-electron chi connectivity index (χ2n) is 6.71. The van der Waals surface area contributed by atoms with Gasteiger partial charge in [0.15, 0.2) is 11.5 Å². The standard InChI is InChI=1S/C19H15NO4S/c21-18-19(9-22-13-8-15-14(7-12(13)19)23-10-24-15)11-3-1-4-16-17(11)20(18)5-2-6-25-16/h1,3-4,7-8H,2,5-6,9-10H2. The van der Waals surface area contributed by atoms with Gasteiger partial charge in [0.25, 0.3) is 0 Å². The zero-order valence-electron chi connectivity index (χ0n) is 13.4. The number of thioether (sulfide) groups is 1. The van der Waals surface area contributed by atoms with Gasteiger partial charge in [0.2, 0.25) is 12.7 Å². The van der Waals surface area contributed by atoms with Gasteiger partial charge in [0, 0.05) is 28.6 Å². The summed E-state index contributed by atoms with van der Waals surface area (Å²) in [6.07, 6.45) is 0.995. The third-order valence-electron chi connectivity index (χ3n) is 5.50. The van der Waals surface area contributed by atoms with Crippen LogP contribution < -0.4 is 19.1 Å². The van der Waals surface area contributed by atoms with Gasteiger partial charge in [-0.1, -0.05) is 12.1 Å². The van der Waals surface area contributed by atoms with Gasteiger partial charge in [-0.25, -0.2) is 0 Å². The topological polar surface area (TPSA) is 48.0 Å². The highest BCUT2D eigenvalue weighted by Gasteiger charge is 2.58. The SMILES string of the molecule is O=C1N2CCCSc3cccc(c32)C12COc1cc3c(cc12)OCO3. The maximum Gasteiger partial charge on any atom is 0.245 e. The Hall–Kier alpha value is -2.34. The maximum atomic E-state index is 13.6. The van der Waals surface area contributed by atoms with E-state index >= 15 is 0 Å². The van der Waals surface area contributed by atoms with Gasteiger partial charge < -0.3 is 19.1 Å². The van der Waals surface area contributed by atoms with Gasteiger partial charge >= 0.3 is 0 Å². The molecule has 0 radical (unpaired) electrons. The van der Waals surface area contributed by atoms with Crippen molar-refractivity contribution in [3.8, 4) is 17.2 Å². The second-order valence-corrected chi connectivity index (χ2v) is 7.84. The summed E-state index contributed by atoms with van der Waals surface area (Å²) in [5, 5.41) is 0. The first-order chi connectivity index (χ1) is 12.3. The number of fused-ring (bicyclic) bond motifs is 4. The van der Waals surface area contributed by atoms with E-state index in [-0.39, 0.29) is 12.7 Å². The summed E-state index contributed by atoms with van der Waals surface area (Å²) >= 11 is 1.83. The first-order valence-electron chi connectivity index (χ1n) is 8.44. The molecule has 0 bridgehead atoms. The number of hydrogen-bond acceptors (Lipinski definition) is 5. The predicted octanol–water partition coefficient (Wildman–Crippen LogP) is 2.94. The molecular weight excluding hydrogens is 338 g/mol. The van der Waals surface area contributed by atoms with E-state index in [9.17, 15) is 4.79 Å². The summed E-state index contributed by atoms with van der Waals surface area (Å²) in [7, 11) is 0. The van der Waals surface area contributed by atoms with Crippen LogP contribution in [0.3, 0.4) is 0 Å². The van der Waals surface area contributed by atoms with Crippen LogP contribution >= 0.6 is 11.8 Å². The van der Waals surface area contributed by atoms with Crippen LogP contribution in [0.5, 0.6) is 17.2 Å². The quantitative estimate of drug-likeness (QED) is 0.729. The van der Waals surface area contributed by atoms with Crippen LogP contribution in [0, 0.1) is 0 Å². The van der Waals surface area contributed by atoms with Crippen molar-refractivity contribution in [3.63, 3.8) is 0 Å². The van der Waals surface area contributed by atoms with Gasteiger partial charge in [0.05, 0.1) is 5.69 Å². The molecule has 2 aromatic carbocycles. The van der Waals surface area contributed by atoms with E-state index in [0.717, 1.165) is 41.3 Å². The summed E-state index contributed by atoms with van der Waals surface area (Å²) < 4.78 is 17.0. The molecule has 6 rings (SSSR count). The fourth-order valence-electron chi connectivity index (χ4n) is 4.37. The molecule has 6 heteroatoms. The molecule has 4 heterocycles. The largest absolute Gasteiger partial charge is 0.491 e. The Kier molecular flexibility index (Phi) is 2.58. The Balaban J connectivity index is 1.64. The average molecular weight is 353 g/mol. The Morgan fingerprint density at radius 2 is 1.92 bits per heavy atom. The lowest BCUT2D eigenvalue weighted by Gasteiger charge is -2.22. The third-order valence-corrected chi connectivity index (χ3v) is 6.63. The Bertz CT molecular complexity index is 943. The Morgan fingerprint density at radius 3 is 2.84 bits per heavy atom. The number of ether oxygens (including phenoxy) is 3. The monoisotopic (exact) mass is 353 g/mol. The molecule has 4 aliphatic heterocycles. The minimum absolute atomic E-state index is 0.120. The van der Waals surface area contributed by atoms with E-state index in [2.05, 4.69) is 18.2 Å². The summed E-state index contributed by atoms with van der Waals surface area (Å²) in [4.78, 5) is 16.7. The molecular formula is C19H15NO4S. The molecule has 1 atom stereocenters. The molecule has 0 aromatic heterocycles. The van der Waals surface area contributed by atoms with Gasteiger partial charge in [-0.15, -0.1) is 11.8 Å². The van der Waals surface area contributed by atoms with Crippen LogP contribution in [0.2, 0.25) is 0 Å². The fraction of sp³-hybridized carbons (Fsp3) is 0.316. The van der Waals surface area contributed by atoms with Crippen molar-refractivity contribution in [2.45, 2.75) is 16.7 Å². The van der Waals surface area contributed by atoms with Crippen molar-refractivity contribution in [2.24, 2.45) is 0 Å². The number of carbonyl (C=O) groups is 1. The van der Waals surface area contributed by atoms with Gasteiger partial charge in [-0.05, 0) is 24.3 Å². The molecule has 1 spiro atoms. The van der Waals surface area contributed by atoms with E-state index in [1.54, 1.807) is 0 Å². The summed E-state index contributed by atoms with van der Waals surface area (Å²) in [6.45, 7) is 1.31. The Labute approximate surface area is 148 Å². The van der Waals surface area contributed by atoms with Crippen LogP contribution in [0.4, 0.5) is 5.69 Å². The third kappa shape index (κ3) is 1.59. The molecule has 1 unspecified atom stereocenters. The van der Waals surface area contributed by atoms with Crippen LogP contribution in [0.1, 0.15) is 17.5 Å². The molecule has 0 saturated carbocycles. The van der Waals surface area contributed by atoms with E-state index < -0.39 is 5.41 Å². The van der Waals surface area contributed by atoms with E-state index in [1.165, 1.54) is 4.90 Å². The van der Waals surface area contributed by atoms with E-state index in [4.69, 9.17) is 14.2 Å². The lowest BCUT2D eigenvalue weighted by atomic mass is 9.77. The molecule has 0 fully saturated rings. The average Bonchev–Trinajstić information content (AvgIpc) is 3.24. The van der Waals surface area contributed by atoms with Crippen molar-refractivity contribution in [2.75, 3.05) is 30.6 Å². The minimum Gasteiger partial charge on any atom is -0.491 e. The minimum atomic E-state index is -0.764. The highest BCUT2D eigenvalue weighted by molar-refractivity contribution is 7.99. The molecule has 0 saturated heterocycles. The van der Waals surface area contributed by atoms with Gasteiger partial charge in [-0.3, -0.25) is 4.79 Å². The molecule has 1 amide bonds. The zero-order chi connectivity index (χ0) is 16.6. The number of carbonyl (C=O) groups excluding carboxylic acids is 1. The van der Waals surface area contributed by atoms with Crippen LogP contribution in [0.25, 0.3) is 0 Å². The van der Waals surface area contributed by atoms with Crippen LogP contribution in [-0.4, -0.2) is 31.6 Å². The predicted molar refractivity (Wildman–Crippen MR) is 93.0 cm³/mol. The number of rotatable bonds is 0. The number of hydrogen-bond donors (Lipinski definition) is 0. The molecule has 25 heavy (non-hydrogen) atoms. The van der Waals surface area contributed by atoms with Crippen molar-refractivity contribution in [1.82, 2.24) is 0 Å². The molecule has 2 aromatic rings. The summed E-state index contributed by atoms with van der Waals surface area (Å²) in [5.74, 6) is 3.26. The normalized spacial score (nSPS) is 25.0. The zero-order valence-corrected chi connectivity index (χ0v) is 14.2. The lowest BCUT2D eigenvalue weighted by Crippen LogP contribution is -2.42. The van der Waals surface area contributed by atoms with Crippen molar-refractivity contribution in [1.29, 1.82) is 0 Å². The number of amides is 1. The molecule has 5 nitrogen and oxygen atoms in total. The molecule has 4 aliphatic rings. The highest BCUT2D eigenvalue weighted by Crippen LogP contribution is 2.57. The van der Waals surface area contributed by atoms with E-state index in [0.29, 0.717) is 18.1 Å². The fourth-order valence-corrected chi connectivity index (χ4v) is 5.39. The first kappa shape index (κ1) is 13.9. The second kappa shape index (κ2) is 4.64. The number of anilines is 1. The summed E-state index contributed by atoms with van der Waals surface area (Å²) in [6, 6.07) is 10.0. The van der Waals surface area contributed by atoms with Crippen molar-refractivity contribution < 1.29 is 19.0 Å². The highest BCUT2D eigenvalue weighted by atomic mass is 32.2. The molecule has 126 valence electrons. The maximum absolute atomic E-state index is 13.6. The van der Waals surface area contributed by atoms with Crippen molar-refractivity contribution in [3.05, 3.63) is 41.5 Å².